The fourth-order valence-corrected chi connectivity index (χ4v) is 3.74. The molecule has 1 unspecified atom stereocenters. The number of hydrogen-bond donors (Lipinski definition) is 1. The van der Waals surface area contributed by atoms with Gasteiger partial charge in [-0.05, 0) is 24.5 Å². The number of hydrogen-bond acceptors (Lipinski definition) is 2. The van der Waals surface area contributed by atoms with Gasteiger partial charge < -0.3 is 5.11 Å². The third-order valence-corrected chi connectivity index (χ3v) is 4.65. The molecule has 1 N–H and O–H groups in total. The number of halogens is 1. The summed E-state index contributed by atoms with van der Waals surface area (Å²) in [5.74, 6) is 0.749. The standard InChI is InChI=1S/C13H19ClOS/c14-13-7-6-12(16-13)9-11(15)8-10-4-2-1-3-5-10/h6-7,10-11,15H,1-5,8-9H2. The molecule has 0 aliphatic heterocycles. The quantitative estimate of drug-likeness (QED) is 0.855. The van der Waals surface area contributed by atoms with E-state index in [1.165, 1.54) is 37.0 Å². The summed E-state index contributed by atoms with van der Waals surface area (Å²) >= 11 is 7.46. The zero-order valence-electron chi connectivity index (χ0n) is 9.49. The summed E-state index contributed by atoms with van der Waals surface area (Å²) < 4.78 is 0.819. The van der Waals surface area contributed by atoms with E-state index in [2.05, 4.69) is 0 Å². The lowest BCUT2D eigenvalue weighted by Gasteiger charge is -2.23. The Labute approximate surface area is 106 Å². The molecule has 1 aromatic heterocycles. The molecule has 0 amide bonds. The first-order valence-electron chi connectivity index (χ1n) is 6.16. The molecule has 0 spiro atoms. The average molecular weight is 259 g/mol. The summed E-state index contributed by atoms with van der Waals surface area (Å²) in [7, 11) is 0. The van der Waals surface area contributed by atoms with Gasteiger partial charge in [0.15, 0.2) is 0 Å². The van der Waals surface area contributed by atoms with Crippen molar-refractivity contribution in [1.29, 1.82) is 0 Å². The van der Waals surface area contributed by atoms with Crippen LogP contribution < -0.4 is 0 Å². The Morgan fingerprint density at radius 3 is 2.69 bits per heavy atom. The normalized spacial score (nSPS) is 19.9. The van der Waals surface area contributed by atoms with Crippen LogP contribution in [-0.4, -0.2) is 11.2 Å². The molecule has 1 nitrogen and oxygen atoms in total. The fourth-order valence-electron chi connectivity index (χ4n) is 2.58. The summed E-state index contributed by atoms with van der Waals surface area (Å²) in [6, 6.07) is 3.94. The minimum Gasteiger partial charge on any atom is -0.393 e. The van der Waals surface area contributed by atoms with Crippen LogP contribution in [0.4, 0.5) is 0 Å². The number of rotatable bonds is 4. The van der Waals surface area contributed by atoms with Crippen molar-refractivity contribution in [1.82, 2.24) is 0 Å². The highest BCUT2D eigenvalue weighted by atomic mass is 35.5. The molecule has 16 heavy (non-hydrogen) atoms. The van der Waals surface area contributed by atoms with Crippen molar-refractivity contribution in [3.05, 3.63) is 21.3 Å². The Kier molecular flexibility index (Phi) is 4.68. The van der Waals surface area contributed by atoms with Crippen LogP contribution >= 0.6 is 22.9 Å². The molecule has 0 aromatic carbocycles. The smallest absolute Gasteiger partial charge is 0.0931 e. The highest BCUT2D eigenvalue weighted by Crippen LogP contribution is 2.29. The van der Waals surface area contributed by atoms with Crippen LogP contribution in [0.15, 0.2) is 12.1 Å². The maximum Gasteiger partial charge on any atom is 0.0931 e. The zero-order valence-corrected chi connectivity index (χ0v) is 11.1. The largest absolute Gasteiger partial charge is 0.393 e. The lowest BCUT2D eigenvalue weighted by Crippen LogP contribution is -2.17. The van der Waals surface area contributed by atoms with E-state index in [9.17, 15) is 5.11 Å². The molecule has 1 fully saturated rings. The summed E-state index contributed by atoms with van der Waals surface area (Å²) in [6.45, 7) is 0. The van der Waals surface area contributed by atoms with Crippen LogP contribution in [0.5, 0.6) is 0 Å². The van der Waals surface area contributed by atoms with Gasteiger partial charge in [-0.15, -0.1) is 11.3 Å². The third kappa shape index (κ3) is 3.76. The maximum absolute atomic E-state index is 10.0. The molecule has 2 rings (SSSR count). The van der Waals surface area contributed by atoms with Gasteiger partial charge in [-0.25, -0.2) is 0 Å². The molecular weight excluding hydrogens is 240 g/mol. The second-order valence-corrected chi connectivity index (χ2v) is 6.60. The van der Waals surface area contributed by atoms with Crippen molar-refractivity contribution in [2.45, 2.75) is 51.0 Å². The molecule has 1 aliphatic rings. The molecule has 0 bridgehead atoms. The average Bonchev–Trinajstić information content (AvgIpc) is 2.65. The Morgan fingerprint density at radius 1 is 1.31 bits per heavy atom. The molecule has 1 aromatic rings. The highest BCUT2D eigenvalue weighted by molar-refractivity contribution is 7.16. The predicted octanol–water partition coefficient (Wildman–Crippen LogP) is 4.28. The Bertz CT molecular complexity index is 317. The summed E-state index contributed by atoms with van der Waals surface area (Å²) in [6.07, 6.45) is 8.25. The van der Waals surface area contributed by atoms with Gasteiger partial charge in [0.1, 0.15) is 0 Å². The summed E-state index contributed by atoms with van der Waals surface area (Å²) in [5, 5.41) is 10.0. The van der Waals surface area contributed by atoms with Crippen LogP contribution in [0.25, 0.3) is 0 Å². The monoisotopic (exact) mass is 258 g/mol. The molecule has 1 heterocycles. The van der Waals surface area contributed by atoms with Crippen LogP contribution in [0.1, 0.15) is 43.4 Å². The minimum absolute atomic E-state index is 0.183. The van der Waals surface area contributed by atoms with Crippen LogP contribution in [0.3, 0.4) is 0 Å². The maximum atomic E-state index is 10.0. The van der Waals surface area contributed by atoms with Gasteiger partial charge in [0, 0.05) is 11.3 Å². The first-order chi connectivity index (χ1) is 7.74. The lowest BCUT2D eigenvalue weighted by molar-refractivity contribution is 0.131. The van der Waals surface area contributed by atoms with Crippen molar-refractivity contribution in [2.75, 3.05) is 0 Å². The lowest BCUT2D eigenvalue weighted by atomic mass is 9.85. The van der Waals surface area contributed by atoms with Crippen molar-refractivity contribution in [3.63, 3.8) is 0 Å². The van der Waals surface area contributed by atoms with E-state index >= 15 is 0 Å². The van der Waals surface area contributed by atoms with E-state index in [4.69, 9.17) is 11.6 Å². The van der Waals surface area contributed by atoms with E-state index in [0.29, 0.717) is 0 Å². The van der Waals surface area contributed by atoms with E-state index in [1.807, 2.05) is 12.1 Å². The van der Waals surface area contributed by atoms with Gasteiger partial charge in [-0.3, -0.25) is 0 Å². The molecule has 1 saturated carbocycles. The van der Waals surface area contributed by atoms with Gasteiger partial charge in [-0.2, -0.15) is 0 Å². The second-order valence-electron chi connectivity index (χ2n) is 4.80. The van der Waals surface area contributed by atoms with E-state index in [1.54, 1.807) is 11.3 Å². The molecule has 1 atom stereocenters. The Morgan fingerprint density at radius 2 is 2.06 bits per heavy atom. The van der Waals surface area contributed by atoms with Crippen LogP contribution in [-0.2, 0) is 6.42 Å². The van der Waals surface area contributed by atoms with E-state index in [-0.39, 0.29) is 6.10 Å². The van der Waals surface area contributed by atoms with Crippen molar-refractivity contribution >= 4 is 22.9 Å². The Balaban J connectivity index is 1.77. The summed E-state index contributed by atoms with van der Waals surface area (Å²) in [4.78, 5) is 1.20. The minimum atomic E-state index is -0.183. The first kappa shape index (κ1) is 12.4. The third-order valence-electron chi connectivity index (χ3n) is 3.40. The Hall–Kier alpha value is -0.0500. The van der Waals surface area contributed by atoms with Crippen LogP contribution in [0, 0.1) is 5.92 Å². The first-order valence-corrected chi connectivity index (χ1v) is 7.36. The van der Waals surface area contributed by atoms with E-state index < -0.39 is 0 Å². The van der Waals surface area contributed by atoms with Gasteiger partial charge >= 0.3 is 0 Å². The summed E-state index contributed by atoms with van der Waals surface area (Å²) in [5.41, 5.74) is 0. The van der Waals surface area contributed by atoms with Crippen LogP contribution in [0.2, 0.25) is 4.34 Å². The molecule has 3 heteroatoms. The van der Waals surface area contributed by atoms with Gasteiger partial charge in [-0.1, -0.05) is 43.7 Å². The molecular formula is C13H19ClOS. The number of aliphatic hydroxyl groups is 1. The van der Waals surface area contributed by atoms with Gasteiger partial charge in [0.05, 0.1) is 10.4 Å². The van der Waals surface area contributed by atoms with E-state index in [0.717, 1.165) is 23.1 Å². The second kappa shape index (κ2) is 6.04. The van der Waals surface area contributed by atoms with Gasteiger partial charge in [0.25, 0.3) is 0 Å². The van der Waals surface area contributed by atoms with Crippen molar-refractivity contribution in [3.8, 4) is 0 Å². The molecule has 90 valence electrons. The van der Waals surface area contributed by atoms with Gasteiger partial charge in [0.2, 0.25) is 0 Å². The molecule has 0 radical (unpaired) electrons. The topological polar surface area (TPSA) is 20.2 Å². The van der Waals surface area contributed by atoms with Crippen molar-refractivity contribution < 1.29 is 5.11 Å². The molecule has 1 aliphatic carbocycles. The van der Waals surface area contributed by atoms with Crippen molar-refractivity contribution in [2.24, 2.45) is 5.92 Å². The predicted molar refractivity (Wildman–Crippen MR) is 70.2 cm³/mol. The zero-order chi connectivity index (χ0) is 11.4. The SMILES string of the molecule is OC(Cc1ccc(Cl)s1)CC1CCCCC1. The number of aliphatic hydroxyl groups excluding tert-OH is 1. The highest BCUT2D eigenvalue weighted by Gasteiger charge is 2.18. The number of thiophene rings is 1. The molecule has 0 saturated heterocycles. The fraction of sp³-hybridized carbons (Fsp3) is 0.692.